The van der Waals surface area contributed by atoms with Crippen LogP contribution in [0.4, 0.5) is 0 Å². The van der Waals surface area contributed by atoms with Crippen LogP contribution in [0, 0.1) is 5.92 Å². The van der Waals surface area contributed by atoms with Gasteiger partial charge >= 0.3 is 0 Å². The van der Waals surface area contributed by atoms with Gasteiger partial charge in [-0.2, -0.15) is 0 Å². The molecule has 0 saturated heterocycles. The van der Waals surface area contributed by atoms with E-state index >= 15 is 0 Å². The van der Waals surface area contributed by atoms with Crippen molar-refractivity contribution in [3.8, 4) is 0 Å². The van der Waals surface area contributed by atoms with Crippen LogP contribution in [-0.2, 0) is 5.41 Å². The van der Waals surface area contributed by atoms with Crippen LogP contribution in [0.25, 0.3) is 0 Å². The summed E-state index contributed by atoms with van der Waals surface area (Å²) in [6.07, 6.45) is 1.32. The molecule has 6 aliphatic rings. The van der Waals surface area contributed by atoms with Gasteiger partial charge in [0.2, 0.25) is 0 Å². The number of benzene rings is 5. The van der Waals surface area contributed by atoms with Crippen LogP contribution >= 0.6 is 0 Å². The smallest absolute Gasteiger partial charge is 0.0432 e. The van der Waals surface area contributed by atoms with Crippen molar-refractivity contribution >= 4 is 0 Å². The van der Waals surface area contributed by atoms with Gasteiger partial charge in [0.1, 0.15) is 0 Å². The molecule has 0 nitrogen and oxygen atoms in total. The van der Waals surface area contributed by atoms with E-state index in [1.807, 2.05) is 0 Å². The standard InChI is InChI=1S/C21H16.C17H16/c1-21-17-11-5-2-8-14(17)20(15-9-3-6-12-18(15)21)16-10-4-7-13-19(16)21;1-11-10-16-12-6-2-4-8-14(12)17(11)15-9-5-3-7-13(15)16/h2-13,20H,1H3;2-9,11,16-17H,10H2,1H3. The Kier molecular flexibility index (Phi) is 4.68. The summed E-state index contributed by atoms with van der Waals surface area (Å²) >= 11 is 0. The van der Waals surface area contributed by atoms with Gasteiger partial charge in [0, 0.05) is 23.2 Å². The molecule has 0 spiro atoms. The molecule has 0 fully saturated rings. The molecule has 5 aromatic rings. The molecule has 4 bridgehead atoms. The van der Waals surface area contributed by atoms with Gasteiger partial charge in [-0.15, -0.1) is 0 Å². The van der Waals surface area contributed by atoms with E-state index in [1.54, 1.807) is 22.3 Å². The van der Waals surface area contributed by atoms with Gasteiger partial charge in [-0.1, -0.05) is 128 Å². The Morgan fingerprint density at radius 3 is 1.24 bits per heavy atom. The molecule has 184 valence electrons. The van der Waals surface area contributed by atoms with E-state index in [1.165, 1.54) is 39.8 Å². The maximum atomic E-state index is 2.41. The average molecular weight is 489 g/mol. The Bertz CT molecular complexity index is 1540. The highest BCUT2D eigenvalue weighted by Gasteiger charge is 2.48. The predicted octanol–water partition coefficient (Wildman–Crippen LogP) is 9.15. The zero-order chi connectivity index (χ0) is 25.4. The first-order valence-electron chi connectivity index (χ1n) is 14.1. The molecule has 0 saturated carbocycles. The summed E-state index contributed by atoms with van der Waals surface area (Å²) in [6, 6.07) is 45.0. The van der Waals surface area contributed by atoms with Gasteiger partial charge in [-0.25, -0.2) is 0 Å². The molecule has 11 rings (SSSR count). The fourth-order valence-corrected chi connectivity index (χ4v) is 8.48. The molecule has 1 atom stereocenters. The average Bonchev–Trinajstić information content (AvgIpc) is 2.98. The van der Waals surface area contributed by atoms with Gasteiger partial charge in [-0.05, 0) is 74.9 Å². The van der Waals surface area contributed by atoms with Gasteiger partial charge in [0.25, 0.3) is 0 Å². The van der Waals surface area contributed by atoms with Crippen molar-refractivity contribution in [1.82, 2.24) is 0 Å². The van der Waals surface area contributed by atoms with E-state index < -0.39 is 0 Å². The second kappa shape index (κ2) is 8.05. The quantitative estimate of drug-likeness (QED) is 0.204. The van der Waals surface area contributed by atoms with Crippen LogP contribution in [0.2, 0.25) is 0 Å². The molecule has 0 heterocycles. The minimum absolute atomic E-state index is 0.0153. The Balaban J connectivity index is 0.000000121. The van der Waals surface area contributed by atoms with Crippen LogP contribution in [0.5, 0.6) is 0 Å². The summed E-state index contributed by atoms with van der Waals surface area (Å²) in [5.74, 6) is 2.45. The van der Waals surface area contributed by atoms with E-state index in [2.05, 4.69) is 135 Å². The summed E-state index contributed by atoms with van der Waals surface area (Å²) in [6.45, 7) is 4.79. The molecule has 0 N–H and O–H groups in total. The summed E-state index contributed by atoms with van der Waals surface area (Å²) in [7, 11) is 0. The van der Waals surface area contributed by atoms with Gasteiger partial charge in [-0.3, -0.25) is 0 Å². The van der Waals surface area contributed by atoms with E-state index in [0.29, 0.717) is 17.8 Å². The van der Waals surface area contributed by atoms with Crippen molar-refractivity contribution in [3.63, 3.8) is 0 Å². The summed E-state index contributed by atoms with van der Waals surface area (Å²) in [5.41, 5.74) is 15.2. The Hall–Kier alpha value is -3.90. The van der Waals surface area contributed by atoms with Crippen LogP contribution in [0.15, 0.2) is 121 Å². The molecule has 5 aromatic carbocycles. The van der Waals surface area contributed by atoms with Crippen LogP contribution in [-0.4, -0.2) is 0 Å². The first kappa shape index (κ1) is 22.1. The monoisotopic (exact) mass is 488 g/mol. The highest BCUT2D eigenvalue weighted by Crippen LogP contribution is 2.58. The zero-order valence-corrected chi connectivity index (χ0v) is 22.1. The third kappa shape index (κ3) is 2.81. The molecule has 1 unspecified atom stereocenters. The highest BCUT2D eigenvalue weighted by molar-refractivity contribution is 5.71. The number of hydrogen-bond donors (Lipinski definition) is 0. The van der Waals surface area contributed by atoms with Gasteiger partial charge < -0.3 is 0 Å². The normalized spacial score (nSPS) is 26.2. The molecule has 0 amide bonds. The second-order valence-electron chi connectivity index (χ2n) is 11.8. The summed E-state index contributed by atoms with van der Waals surface area (Å²) in [4.78, 5) is 0. The molecule has 0 heteroatoms. The van der Waals surface area contributed by atoms with Gasteiger partial charge in [0.05, 0.1) is 0 Å². The number of hydrogen-bond acceptors (Lipinski definition) is 0. The highest BCUT2D eigenvalue weighted by atomic mass is 14.5. The summed E-state index contributed by atoms with van der Waals surface area (Å²) in [5, 5.41) is 0. The van der Waals surface area contributed by atoms with Crippen molar-refractivity contribution in [1.29, 1.82) is 0 Å². The predicted molar refractivity (Wildman–Crippen MR) is 156 cm³/mol. The Morgan fingerprint density at radius 2 is 0.816 bits per heavy atom. The van der Waals surface area contributed by atoms with Crippen molar-refractivity contribution in [2.24, 2.45) is 5.92 Å². The lowest BCUT2D eigenvalue weighted by atomic mass is 9.54. The molecule has 0 aromatic heterocycles. The van der Waals surface area contributed by atoms with Crippen LogP contribution in [0.3, 0.4) is 0 Å². The molecule has 0 radical (unpaired) electrons. The third-order valence-corrected chi connectivity index (χ3v) is 10.0. The van der Waals surface area contributed by atoms with Crippen molar-refractivity contribution in [2.75, 3.05) is 0 Å². The minimum atomic E-state index is -0.0153. The van der Waals surface area contributed by atoms with E-state index in [9.17, 15) is 0 Å². The largest absolute Gasteiger partial charge is 0.0620 e. The van der Waals surface area contributed by atoms with E-state index in [0.717, 1.165) is 5.92 Å². The van der Waals surface area contributed by atoms with Crippen molar-refractivity contribution < 1.29 is 0 Å². The number of rotatable bonds is 0. The van der Waals surface area contributed by atoms with Crippen LogP contribution < -0.4 is 0 Å². The molecule has 38 heavy (non-hydrogen) atoms. The molecule has 6 aliphatic carbocycles. The SMILES string of the molecule is CC12c3ccccc3C(c3ccccc31)c1ccccc12.CC1CC2c3ccccc3C1c1ccccc12. The van der Waals surface area contributed by atoms with E-state index in [4.69, 9.17) is 0 Å². The fraction of sp³-hybridized carbons (Fsp3) is 0.211. The number of fused-ring (bicyclic) bond motifs is 1. The first-order chi connectivity index (χ1) is 18.7. The lowest BCUT2D eigenvalue weighted by Crippen LogP contribution is -2.39. The maximum absolute atomic E-state index is 2.41. The molecular weight excluding hydrogens is 456 g/mol. The first-order valence-corrected chi connectivity index (χ1v) is 14.1. The van der Waals surface area contributed by atoms with E-state index in [-0.39, 0.29) is 5.41 Å². The Morgan fingerprint density at radius 1 is 0.474 bits per heavy atom. The van der Waals surface area contributed by atoms with Crippen molar-refractivity contribution in [2.45, 2.75) is 43.4 Å². The molecular formula is C38H32. The zero-order valence-electron chi connectivity index (χ0n) is 22.1. The second-order valence-corrected chi connectivity index (χ2v) is 11.8. The van der Waals surface area contributed by atoms with Crippen LogP contribution in [0.1, 0.15) is 93.7 Å². The fourth-order valence-electron chi connectivity index (χ4n) is 8.48. The molecule has 0 aliphatic heterocycles. The summed E-state index contributed by atoms with van der Waals surface area (Å²) < 4.78 is 0. The maximum Gasteiger partial charge on any atom is 0.0432 e. The topological polar surface area (TPSA) is 0 Å². The third-order valence-electron chi connectivity index (χ3n) is 10.0. The van der Waals surface area contributed by atoms with Crippen molar-refractivity contribution in [3.05, 3.63) is 177 Å². The van der Waals surface area contributed by atoms with Gasteiger partial charge in [0.15, 0.2) is 0 Å². The lowest BCUT2D eigenvalue weighted by Gasteiger charge is -2.49. The lowest BCUT2D eigenvalue weighted by molar-refractivity contribution is 0.385. The Labute approximate surface area is 226 Å². The minimum Gasteiger partial charge on any atom is -0.0620 e.